The number of benzene rings is 3. The number of fused-ring (bicyclic) bond motifs is 1. The molecule has 1 aliphatic heterocycles. The third-order valence-corrected chi connectivity index (χ3v) is 6.79. The van der Waals surface area contributed by atoms with Gasteiger partial charge in [0.25, 0.3) is 0 Å². The van der Waals surface area contributed by atoms with Crippen molar-refractivity contribution in [2.75, 3.05) is 42.5 Å². The van der Waals surface area contributed by atoms with E-state index >= 15 is 0 Å². The van der Waals surface area contributed by atoms with Gasteiger partial charge in [0.15, 0.2) is 0 Å². The Morgan fingerprint density at radius 1 is 0.882 bits per heavy atom. The molecule has 0 saturated carbocycles. The van der Waals surface area contributed by atoms with Crippen LogP contribution in [-0.2, 0) is 12.0 Å². The third kappa shape index (κ3) is 4.46. The lowest BCUT2D eigenvalue weighted by Crippen LogP contribution is -2.46. The SMILES string of the molecule is CC(C)(C)c1ccc(-c2nc3c(N4CCN(Cc5ccc(N)c(N)c5)CC4)cccc3[nH]2)cc1. The summed E-state index contributed by atoms with van der Waals surface area (Å²) < 4.78 is 0. The van der Waals surface area contributed by atoms with Crippen LogP contribution in [0.3, 0.4) is 0 Å². The Kier molecular flexibility index (Phi) is 5.70. The normalized spacial score (nSPS) is 15.2. The summed E-state index contributed by atoms with van der Waals surface area (Å²) in [5.41, 5.74) is 20.2. The fourth-order valence-electron chi connectivity index (χ4n) is 4.66. The average Bonchev–Trinajstić information content (AvgIpc) is 3.26. The molecule has 2 heterocycles. The van der Waals surface area contributed by atoms with Crippen molar-refractivity contribution in [3.8, 4) is 11.4 Å². The van der Waals surface area contributed by atoms with E-state index in [2.05, 4.69) is 84.1 Å². The van der Waals surface area contributed by atoms with Crippen molar-refractivity contribution in [1.82, 2.24) is 14.9 Å². The first-order valence-corrected chi connectivity index (χ1v) is 12.0. The summed E-state index contributed by atoms with van der Waals surface area (Å²) in [6.45, 7) is 11.5. The maximum atomic E-state index is 5.99. The standard InChI is InChI=1S/C28H34N6/c1-28(2,3)21-10-8-20(9-11-21)27-31-24-5-4-6-25(26(24)32-27)34-15-13-33(14-16-34)18-19-7-12-22(29)23(30)17-19/h4-12,17H,13-16,18,29-30H2,1-3H3,(H,31,32). The Hall–Kier alpha value is -3.51. The van der Waals surface area contributed by atoms with Gasteiger partial charge in [-0.1, -0.05) is 57.2 Å². The summed E-state index contributed by atoms with van der Waals surface area (Å²) in [5.74, 6) is 0.919. The first-order chi connectivity index (χ1) is 16.3. The molecular weight excluding hydrogens is 420 g/mol. The van der Waals surface area contributed by atoms with Crippen LogP contribution in [0.15, 0.2) is 60.7 Å². The summed E-state index contributed by atoms with van der Waals surface area (Å²) in [5, 5.41) is 0. The number of hydrogen-bond donors (Lipinski definition) is 3. The van der Waals surface area contributed by atoms with E-state index in [9.17, 15) is 0 Å². The number of nitrogens with two attached hydrogens (primary N) is 2. The van der Waals surface area contributed by atoms with Crippen LogP contribution in [0.1, 0.15) is 31.9 Å². The lowest BCUT2D eigenvalue weighted by atomic mass is 9.87. The van der Waals surface area contributed by atoms with Gasteiger partial charge in [-0.25, -0.2) is 4.98 Å². The van der Waals surface area contributed by atoms with Gasteiger partial charge < -0.3 is 21.4 Å². The molecule has 6 heteroatoms. The molecule has 34 heavy (non-hydrogen) atoms. The Morgan fingerprint density at radius 2 is 1.62 bits per heavy atom. The smallest absolute Gasteiger partial charge is 0.138 e. The summed E-state index contributed by atoms with van der Waals surface area (Å²) >= 11 is 0. The molecule has 0 unspecified atom stereocenters. The third-order valence-electron chi connectivity index (χ3n) is 6.79. The minimum absolute atomic E-state index is 0.141. The van der Waals surface area contributed by atoms with Crippen LogP contribution in [-0.4, -0.2) is 41.0 Å². The number of H-pyrrole nitrogens is 1. The highest BCUT2D eigenvalue weighted by Gasteiger charge is 2.21. The number of para-hydroxylation sites is 1. The van der Waals surface area contributed by atoms with Crippen molar-refractivity contribution in [3.63, 3.8) is 0 Å². The predicted octanol–water partition coefficient (Wildman–Crippen LogP) is 5.01. The molecule has 6 nitrogen and oxygen atoms in total. The fourth-order valence-corrected chi connectivity index (χ4v) is 4.66. The minimum Gasteiger partial charge on any atom is -0.397 e. The molecule has 1 fully saturated rings. The summed E-state index contributed by atoms with van der Waals surface area (Å²) in [6.07, 6.45) is 0. The average molecular weight is 455 g/mol. The molecule has 0 amide bonds. The molecule has 0 spiro atoms. The topological polar surface area (TPSA) is 87.2 Å². The van der Waals surface area contributed by atoms with E-state index in [1.54, 1.807) is 0 Å². The predicted molar refractivity (Wildman–Crippen MR) is 143 cm³/mol. The van der Waals surface area contributed by atoms with Gasteiger partial charge in [-0.3, -0.25) is 4.90 Å². The molecule has 0 aliphatic carbocycles. The van der Waals surface area contributed by atoms with Gasteiger partial charge in [0.1, 0.15) is 11.3 Å². The van der Waals surface area contributed by atoms with Crippen LogP contribution in [0.4, 0.5) is 17.1 Å². The molecule has 0 radical (unpaired) electrons. The molecular formula is C28H34N6. The number of rotatable bonds is 4. The molecule has 1 aromatic heterocycles. The molecule has 0 bridgehead atoms. The highest BCUT2D eigenvalue weighted by atomic mass is 15.3. The maximum Gasteiger partial charge on any atom is 0.138 e. The number of anilines is 3. The van der Waals surface area contributed by atoms with Crippen LogP contribution in [0.2, 0.25) is 0 Å². The number of nitrogens with one attached hydrogen (secondary N) is 1. The van der Waals surface area contributed by atoms with E-state index in [0.29, 0.717) is 11.4 Å². The maximum absolute atomic E-state index is 5.99. The Labute approximate surface area is 201 Å². The largest absolute Gasteiger partial charge is 0.397 e. The first-order valence-electron chi connectivity index (χ1n) is 12.0. The van der Waals surface area contributed by atoms with Gasteiger partial charge in [0.2, 0.25) is 0 Å². The number of aromatic amines is 1. The first kappa shape index (κ1) is 22.3. The molecule has 5 rings (SSSR count). The Bertz CT molecular complexity index is 1290. The highest BCUT2D eigenvalue weighted by Crippen LogP contribution is 2.30. The lowest BCUT2D eigenvalue weighted by Gasteiger charge is -2.36. The summed E-state index contributed by atoms with van der Waals surface area (Å²) in [6, 6.07) is 21.1. The summed E-state index contributed by atoms with van der Waals surface area (Å²) in [7, 11) is 0. The van der Waals surface area contributed by atoms with E-state index in [1.807, 2.05) is 12.1 Å². The summed E-state index contributed by atoms with van der Waals surface area (Å²) in [4.78, 5) is 13.5. The quantitative estimate of drug-likeness (QED) is 0.377. The molecule has 1 aliphatic rings. The van der Waals surface area contributed by atoms with E-state index < -0.39 is 0 Å². The van der Waals surface area contributed by atoms with Crippen molar-refractivity contribution < 1.29 is 0 Å². The number of piperazine rings is 1. The van der Waals surface area contributed by atoms with Crippen LogP contribution in [0.25, 0.3) is 22.4 Å². The molecule has 1 saturated heterocycles. The number of aromatic nitrogens is 2. The number of nitrogens with zero attached hydrogens (tertiary/aromatic N) is 3. The van der Waals surface area contributed by atoms with Gasteiger partial charge in [-0.2, -0.15) is 0 Å². The van der Waals surface area contributed by atoms with Gasteiger partial charge in [0, 0.05) is 38.3 Å². The highest BCUT2D eigenvalue weighted by molar-refractivity contribution is 5.91. The van der Waals surface area contributed by atoms with E-state index in [1.165, 1.54) is 16.8 Å². The molecule has 3 aromatic carbocycles. The number of nitrogen functional groups attached to an aromatic ring is 2. The molecule has 4 aromatic rings. The van der Waals surface area contributed by atoms with Crippen LogP contribution < -0.4 is 16.4 Å². The second-order valence-corrected chi connectivity index (χ2v) is 10.3. The zero-order valence-corrected chi connectivity index (χ0v) is 20.3. The number of imidazole rings is 1. The monoisotopic (exact) mass is 454 g/mol. The van der Waals surface area contributed by atoms with Gasteiger partial charge >= 0.3 is 0 Å². The Balaban J connectivity index is 1.32. The van der Waals surface area contributed by atoms with Gasteiger partial charge in [-0.05, 0) is 40.8 Å². The second-order valence-electron chi connectivity index (χ2n) is 10.3. The minimum atomic E-state index is 0.141. The van der Waals surface area contributed by atoms with E-state index in [0.717, 1.165) is 55.1 Å². The fraction of sp³-hybridized carbons (Fsp3) is 0.321. The van der Waals surface area contributed by atoms with E-state index in [4.69, 9.17) is 16.5 Å². The zero-order valence-electron chi connectivity index (χ0n) is 20.3. The second kappa shape index (κ2) is 8.69. The van der Waals surface area contributed by atoms with Crippen molar-refractivity contribution >= 4 is 28.1 Å². The molecule has 5 N–H and O–H groups in total. The lowest BCUT2D eigenvalue weighted by molar-refractivity contribution is 0.250. The van der Waals surface area contributed by atoms with Crippen molar-refractivity contribution in [3.05, 3.63) is 71.8 Å². The number of hydrogen-bond acceptors (Lipinski definition) is 5. The van der Waals surface area contributed by atoms with Gasteiger partial charge in [0.05, 0.1) is 22.6 Å². The van der Waals surface area contributed by atoms with Crippen molar-refractivity contribution in [1.29, 1.82) is 0 Å². The van der Waals surface area contributed by atoms with Gasteiger partial charge in [-0.15, -0.1) is 0 Å². The van der Waals surface area contributed by atoms with Crippen molar-refractivity contribution in [2.24, 2.45) is 0 Å². The van der Waals surface area contributed by atoms with Crippen molar-refractivity contribution in [2.45, 2.75) is 32.7 Å². The van der Waals surface area contributed by atoms with Crippen LogP contribution in [0.5, 0.6) is 0 Å². The zero-order chi connectivity index (χ0) is 23.9. The van der Waals surface area contributed by atoms with Crippen LogP contribution in [0, 0.1) is 0 Å². The van der Waals surface area contributed by atoms with Crippen LogP contribution >= 0.6 is 0 Å². The Morgan fingerprint density at radius 3 is 2.29 bits per heavy atom. The molecule has 176 valence electrons. The molecule has 0 atom stereocenters. The van der Waals surface area contributed by atoms with E-state index in [-0.39, 0.29) is 5.41 Å².